The summed E-state index contributed by atoms with van der Waals surface area (Å²) < 4.78 is 0. The molecule has 338 valence electrons. The zero-order chi connectivity index (χ0) is 46.6. The van der Waals surface area contributed by atoms with Gasteiger partial charge in [-0.2, -0.15) is 0 Å². The van der Waals surface area contributed by atoms with E-state index in [4.69, 9.17) is 22.9 Å². The van der Waals surface area contributed by atoms with Gasteiger partial charge < -0.3 is 44.2 Å². The predicted octanol–water partition coefficient (Wildman–Crippen LogP) is 7.90. The van der Waals surface area contributed by atoms with Crippen molar-refractivity contribution in [3.8, 4) is 0 Å². The zero-order valence-electron chi connectivity index (χ0n) is 37.5. The first-order valence-electron chi connectivity index (χ1n) is 21.3. The first-order valence-corrected chi connectivity index (χ1v) is 23.3. The summed E-state index contributed by atoms with van der Waals surface area (Å²) in [6, 6.07) is 31.6. The standard InChI is InChI=1S/C50H62N8O4S2/c1-49(2,3)35-27-39(43(63-22-20-51)41(29-35)57-47(61)37(53)24-31-14-9-7-10-15-31)55-45(59)33-18-13-19-34(26-33)46(60)56-40-28-36(50(4,5)6)30-42(44(40)64-23-21-52)58-48(62)38(54)25-32-16-11-8-12-17-32/h7-19,26-30,37-38H,20-25,51-54H2,1-6H3,(H,55,59)(H,56,60)(H,57,61)(H,58,62). The lowest BCUT2D eigenvalue weighted by Gasteiger charge is -2.25. The summed E-state index contributed by atoms with van der Waals surface area (Å²) in [5.74, 6) is -0.614. The number of hydrogen-bond acceptors (Lipinski definition) is 10. The van der Waals surface area contributed by atoms with Crippen LogP contribution in [0.3, 0.4) is 0 Å². The van der Waals surface area contributed by atoms with Crippen LogP contribution in [0.5, 0.6) is 0 Å². The number of thioether (sulfide) groups is 2. The highest BCUT2D eigenvalue weighted by Crippen LogP contribution is 2.41. The zero-order valence-corrected chi connectivity index (χ0v) is 39.2. The van der Waals surface area contributed by atoms with Crippen LogP contribution in [0.25, 0.3) is 0 Å². The third-order valence-electron chi connectivity index (χ3n) is 10.3. The molecule has 12 nitrogen and oxygen atoms in total. The molecule has 64 heavy (non-hydrogen) atoms. The molecular weight excluding hydrogens is 841 g/mol. The van der Waals surface area contributed by atoms with Crippen LogP contribution in [-0.2, 0) is 33.3 Å². The van der Waals surface area contributed by atoms with Crippen molar-refractivity contribution in [2.75, 3.05) is 45.9 Å². The van der Waals surface area contributed by atoms with E-state index in [1.54, 1.807) is 18.2 Å². The number of nitrogens with one attached hydrogen (secondary N) is 4. The number of carbonyl (C=O) groups is 4. The Kier molecular flexibility index (Phi) is 17.4. The molecule has 0 aliphatic heterocycles. The van der Waals surface area contributed by atoms with Gasteiger partial charge in [-0.1, -0.05) is 108 Å². The van der Waals surface area contributed by atoms with Gasteiger partial charge in [-0.3, -0.25) is 19.2 Å². The van der Waals surface area contributed by atoms with Gasteiger partial charge in [0.25, 0.3) is 11.8 Å². The quantitative estimate of drug-likeness (QED) is 0.0397. The summed E-state index contributed by atoms with van der Waals surface area (Å²) in [6.07, 6.45) is 0.698. The highest BCUT2D eigenvalue weighted by atomic mass is 32.2. The molecule has 2 atom stereocenters. The Bertz CT molecular complexity index is 2250. The highest BCUT2D eigenvalue weighted by Gasteiger charge is 2.26. The maximum absolute atomic E-state index is 14.2. The van der Waals surface area contributed by atoms with Crippen LogP contribution in [0.2, 0.25) is 0 Å². The molecule has 0 spiro atoms. The molecule has 14 heteroatoms. The van der Waals surface area contributed by atoms with Crippen molar-refractivity contribution < 1.29 is 19.2 Å². The summed E-state index contributed by atoms with van der Waals surface area (Å²) in [5, 5.41) is 12.2. The van der Waals surface area contributed by atoms with E-state index < -0.39 is 23.9 Å². The Morgan fingerprint density at radius 1 is 0.500 bits per heavy atom. The maximum atomic E-state index is 14.2. The average Bonchev–Trinajstić information content (AvgIpc) is 3.25. The van der Waals surface area contributed by atoms with Crippen molar-refractivity contribution in [3.63, 3.8) is 0 Å². The molecule has 5 aromatic rings. The minimum atomic E-state index is -0.820. The van der Waals surface area contributed by atoms with Gasteiger partial charge in [0.05, 0.1) is 44.6 Å². The molecule has 5 rings (SSSR count). The topological polar surface area (TPSA) is 220 Å². The minimum Gasteiger partial charge on any atom is -0.330 e. The molecule has 4 amide bonds. The number of hydrogen-bond donors (Lipinski definition) is 8. The summed E-state index contributed by atoms with van der Waals surface area (Å²) >= 11 is 2.82. The van der Waals surface area contributed by atoms with Crippen molar-refractivity contribution in [1.29, 1.82) is 0 Å². The molecule has 12 N–H and O–H groups in total. The predicted molar refractivity (Wildman–Crippen MR) is 266 cm³/mol. The molecule has 0 saturated carbocycles. The van der Waals surface area contributed by atoms with Crippen LogP contribution < -0.4 is 44.2 Å². The Morgan fingerprint density at radius 3 is 1.17 bits per heavy atom. The number of benzene rings is 5. The lowest BCUT2D eigenvalue weighted by molar-refractivity contribution is -0.118. The lowest BCUT2D eigenvalue weighted by Crippen LogP contribution is -2.37. The first-order chi connectivity index (χ1) is 30.4. The fourth-order valence-electron chi connectivity index (χ4n) is 6.69. The van der Waals surface area contributed by atoms with E-state index >= 15 is 0 Å². The summed E-state index contributed by atoms with van der Waals surface area (Å²) in [5.41, 5.74) is 30.1. The third-order valence-corrected chi connectivity index (χ3v) is 12.6. The molecule has 0 radical (unpaired) electrons. The van der Waals surface area contributed by atoms with Crippen LogP contribution in [0, 0.1) is 0 Å². The Hall–Kier alpha value is -5.48. The van der Waals surface area contributed by atoms with E-state index in [-0.39, 0.29) is 33.8 Å². The Balaban J connectivity index is 1.44. The number of amides is 4. The van der Waals surface area contributed by atoms with Crippen molar-refractivity contribution in [2.45, 2.75) is 87.1 Å². The van der Waals surface area contributed by atoms with E-state index in [0.29, 0.717) is 70.0 Å². The van der Waals surface area contributed by atoms with E-state index in [2.05, 4.69) is 21.3 Å². The molecule has 0 aliphatic rings. The smallest absolute Gasteiger partial charge is 0.255 e. The second kappa shape index (κ2) is 22.4. The van der Waals surface area contributed by atoms with Crippen molar-refractivity contribution in [2.24, 2.45) is 22.9 Å². The number of carbonyl (C=O) groups excluding carboxylic acids is 4. The number of anilines is 4. The lowest BCUT2D eigenvalue weighted by atomic mass is 9.86. The molecule has 0 fully saturated rings. The summed E-state index contributed by atoms with van der Waals surface area (Å²) in [6.45, 7) is 13.0. The van der Waals surface area contributed by atoms with Crippen LogP contribution in [-0.4, -0.2) is 60.3 Å². The van der Waals surface area contributed by atoms with Crippen LogP contribution in [0.4, 0.5) is 22.7 Å². The molecule has 0 saturated heterocycles. The Morgan fingerprint density at radius 2 is 0.844 bits per heavy atom. The van der Waals surface area contributed by atoms with Gasteiger partial charge in [0.2, 0.25) is 11.8 Å². The summed E-state index contributed by atoms with van der Waals surface area (Å²) in [4.78, 5) is 56.7. The van der Waals surface area contributed by atoms with E-state index in [1.165, 1.54) is 29.6 Å². The van der Waals surface area contributed by atoms with Gasteiger partial charge in [-0.15, -0.1) is 23.5 Å². The Labute approximate surface area is 385 Å². The number of rotatable bonds is 18. The fourth-order valence-corrected chi connectivity index (χ4v) is 8.40. The van der Waals surface area contributed by atoms with Crippen molar-refractivity contribution >= 4 is 69.9 Å². The maximum Gasteiger partial charge on any atom is 0.255 e. The van der Waals surface area contributed by atoms with Crippen molar-refractivity contribution in [1.82, 2.24) is 0 Å². The SMILES string of the molecule is CC(C)(C)c1cc(NC(=O)c2cccc(C(=O)Nc3cc(C(C)(C)C)cc(NC(=O)C(N)Cc4ccccc4)c3SCCN)c2)c(SCCN)c(NC(=O)C(N)Cc2ccccc2)c1. The van der Waals surface area contributed by atoms with Crippen molar-refractivity contribution in [3.05, 3.63) is 143 Å². The van der Waals surface area contributed by atoms with E-state index in [9.17, 15) is 19.2 Å². The molecule has 2 unspecified atom stereocenters. The first kappa shape index (κ1) is 49.5. The van der Waals surface area contributed by atoms with Crippen LogP contribution in [0.15, 0.2) is 119 Å². The molecule has 0 aromatic heterocycles. The van der Waals surface area contributed by atoms with Gasteiger partial charge in [-0.05, 0) is 88.4 Å². The third kappa shape index (κ3) is 13.8. The molecule has 0 heterocycles. The second-order valence-electron chi connectivity index (χ2n) is 17.6. The molecular formula is C50H62N8O4S2. The summed E-state index contributed by atoms with van der Waals surface area (Å²) in [7, 11) is 0. The van der Waals surface area contributed by atoms with Gasteiger partial charge in [0.1, 0.15) is 0 Å². The van der Waals surface area contributed by atoms with Gasteiger partial charge in [-0.25, -0.2) is 0 Å². The van der Waals surface area contributed by atoms with Gasteiger partial charge in [0, 0.05) is 35.7 Å². The highest BCUT2D eigenvalue weighted by molar-refractivity contribution is 7.99. The minimum absolute atomic E-state index is 0.237. The van der Waals surface area contributed by atoms with Crippen LogP contribution >= 0.6 is 23.5 Å². The fraction of sp³-hybridized carbons (Fsp3) is 0.320. The molecule has 0 bridgehead atoms. The second-order valence-corrected chi connectivity index (χ2v) is 19.8. The van der Waals surface area contributed by atoms with Gasteiger partial charge in [0.15, 0.2) is 0 Å². The van der Waals surface area contributed by atoms with Crippen LogP contribution in [0.1, 0.15) is 84.5 Å². The monoisotopic (exact) mass is 902 g/mol. The average molecular weight is 903 g/mol. The van der Waals surface area contributed by atoms with E-state index in [0.717, 1.165) is 22.3 Å². The van der Waals surface area contributed by atoms with Gasteiger partial charge >= 0.3 is 0 Å². The normalized spacial score (nSPS) is 12.5. The molecule has 5 aromatic carbocycles. The number of nitrogens with two attached hydrogens (primary N) is 4. The van der Waals surface area contributed by atoms with E-state index in [1.807, 2.05) is 126 Å². The largest absolute Gasteiger partial charge is 0.330 e. The molecule has 0 aliphatic carbocycles.